The molecule has 1 heterocycles. The number of ether oxygens (including phenoxy) is 1. The maximum atomic E-state index is 5.67. The lowest BCUT2D eigenvalue weighted by Gasteiger charge is -2.59. The number of nitrogens with one attached hydrogen (secondary N) is 2. The Bertz CT molecular complexity index is 523. The molecule has 1 aliphatic rings. The third kappa shape index (κ3) is 3.09. The Morgan fingerprint density at radius 1 is 1.43 bits per heavy atom. The minimum Gasteiger partial charge on any atom is -0.378 e. The van der Waals surface area contributed by atoms with Gasteiger partial charge in [0.2, 0.25) is 0 Å². The summed E-state index contributed by atoms with van der Waals surface area (Å²) in [5.74, 6) is 0.859. The fourth-order valence-electron chi connectivity index (χ4n) is 2.83. The predicted molar refractivity (Wildman–Crippen MR) is 90.0 cm³/mol. The second-order valence-corrected chi connectivity index (χ2v) is 7.87. The maximum absolute atomic E-state index is 5.67. The van der Waals surface area contributed by atoms with E-state index in [1.54, 1.807) is 7.11 Å². The number of nitrogens with zero attached hydrogens (tertiary/aromatic N) is 1. The van der Waals surface area contributed by atoms with Crippen LogP contribution >= 0.6 is 11.3 Å². The zero-order valence-electron chi connectivity index (χ0n) is 13.9. The fraction of sp³-hybridized carbons (Fsp3) is 0.688. The largest absolute Gasteiger partial charge is 0.378 e. The standard InChI is InChI=1S/C16H27N3OS/c1-11-7-8-12(21-11)10-18-14(17-5)19-13-9-16(4,20-6)15(13,2)3/h7-8,13H,9-10H2,1-6H3,(H2,17,18,19). The highest BCUT2D eigenvalue weighted by molar-refractivity contribution is 7.11. The molecule has 2 N–H and O–H groups in total. The van der Waals surface area contributed by atoms with Gasteiger partial charge in [-0.15, -0.1) is 11.3 Å². The summed E-state index contributed by atoms with van der Waals surface area (Å²) in [5, 5.41) is 6.91. The van der Waals surface area contributed by atoms with Gasteiger partial charge in [-0.05, 0) is 32.4 Å². The molecule has 2 unspecified atom stereocenters. The number of thiophene rings is 1. The smallest absolute Gasteiger partial charge is 0.191 e. The first kappa shape index (κ1) is 16.3. The van der Waals surface area contributed by atoms with Gasteiger partial charge in [0.25, 0.3) is 0 Å². The van der Waals surface area contributed by atoms with E-state index in [0.29, 0.717) is 6.04 Å². The lowest BCUT2D eigenvalue weighted by molar-refractivity contribution is -0.176. The average Bonchev–Trinajstić information content (AvgIpc) is 2.87. The Morgan fingerprint density at radius 3 is 2.62 bits per heavy atom. The van der Waals surface area contributed by atoms with Crippen molar-refractivity contribution in [3.63, 3.8) is 0 Å². The molecule has 118 valence electrons. The van der Waals surface area contributed by atoms with Crippen molar-refractivity contribution in [1.82, 2.24) is 10.6 Å². The third-order valence-corrected chi connectivity index (χ3v) is 6.04. The van der Waals surface area contributed by atoms with Gasteiger partial charge in [-0.2, -0.15) is 0 Å². The van der Waals surface area contributed by atoms with E-state index in [-0.39, 0.29) is 11.0 Å². The average molecular weight is 309 g/mol. The molecule has 0 radical (unpaired) electrons. The molecule has 1 aromatic rings. The van der Waals surface area contributed by atoms with Crippen molar-refractivity contribution in [3.05, 3.63) is 21.9 Å². The zero-order valence-corrected chi connectivity index (χ0v) is 14.7. The van der Waals surface area contributed by atoms with Gasteiger partial charge in [0, 0.05) is 35.4 Å². The molecule has 0 amide bonds. The van der Waals surface area contributed by atoms with Crippen LogP contribution in [0.5, 0.6) is 0 Å². The summed E-state index contributed by atoms with van der Waals surface area (Å²) in [6, 6.07) is 4.69. The monoisotopic (exact) mass is 309 g/mol. The van der Waals surface area contributed by atoms with Crippen LogP contribution in [0.25, 0.3) is 0 Å². The van der Waals surface area contributed by atoms with Crippen molar-refractivity contribution < 1.29 is 4.74 Å². The third-order valence-electron chi connectivity index (χ3n) is 5.04. The van der Waals surface area contributed by atoms with Gasteiger partial charge in [0.1, 0.15) is 0 Å². The molecular weight excluding hydrogens is 282 g/mol. The molecule has 4 nitrogen and oxygen atoms in total. The second kappa shape index (κ2) is 5.97. The minimum atomic E-state index is -0.0611. The molecular formula is C16H27N3OS. The van der Waals surface area contributed by atoms with Gasteiger partial charge < -0.3 is 15.4 Å². The van der Waals surface area contributed by atoms with Gasteiger partial charge in [-0.25, -0.2) is 0 Å². The Labute approximate surface area is 132 Å². The number of rotatable bonds is 4. The van der Waals surface area contributed by atoms with Gasteiger partial charge in [-0.1, -0.05) is 13.8 Å². The van der Waals surface area contributed by atoms with Crippen LogP contribution in [0.3, 0.4) is 0 Å². The van der Waals surface area contributed by atoms with Gasteiger partial charge in [0.05, 0.1) is 12.1 Å². The minimum absolute atomic E-state index is 0.0611. The first-order valence-electron chi connectivity index (χ1n) is 7.40. The number of hydrogen-bond acceptors (Lipinski definition) is 3. The molecule has 21 heavy (non-hydrogen) atoms. The lowest BCUT2D eigenvalue weighted by Crippen LogP contribution is -2.69. The maximum Gasteiger partial charge on any atom is 0.191 e. The highest BCUT2D eigenvalue weighted by Gasteiger charge is 2.58. The summed E-state index contributed by atoms with van der Waals surface area (Å²) in [4.78, 5) is 6.99. The first-order chi connectivity index (χ1) is 9.82. The van der Waals surface area contributed by atoms with Crippen molar-refractivity contribution in [2.24, 2.45) is 10.4 Å². The molecule has 0 spiro atoms. The SMILES string of the molecule is CN=C(NCc1ccc(C)s1)NC1CC(C)(OC)C1(C)C. The Morgan fingerprint density at radius 2 is 2.14 bits per heavy atom. The van der Waals surface area contributed by atoms with E-state index in [1.165, 1.54) is 9.75 Å². The Balaban J connectivity index is 1.89. The van der Waals surface area contributed by atoms with Crippen molar-refractivity contribution in [3.8, 4) is 0 Å². The molecule has 0 aliphatic heterocycles. The number of methoxy groups -OCH3 is 1. The molecule has 0 saturated heterocycles. The first-order valence-corrected chi connectivity index (χ1v) is 8.21. The molecule has 2 rings (SSSR count). The van der Waals surface area contributed by atoms with Gasteiger partial charge in [0.15, 0.2) is 5.96 Å². The highest BCUT2D eigenvalue weighted by atomic mass is 32.1. The molecule has 0 bridgehead atoms. The number of aryl methyl sites for hydroxylation is 1. The van der Waals surface area contributed by atoms with Gasteiger partial charge >= 0.3 is 0 Å². The summed E-state index contributed by atoms with van der Waals surface area (Å²) in [5.41, 5.74) is 0.0211. The van der Waals surface area contributed by atoms with E-state index in [1.807, 2.05) is 18.4 Å². The van der Waals surface area contributed by atoms with Crippen LogP contribution in [0.1, 0.15) is 36.9 Å². The summed E-state index contributed by atoms with van der Waals surface area (Å²) in [6.07, 6.45) is 0.995. The van der Waals surface area contributed by atoms with E-state index in [9.17, 15) is 0 Å². The van der Waals surface area contributed by atoms with Crippen LogP contribution in [0, 0.1) is 12.3 Å². The molecule has 0 aromatic carbocycles. The predicted octanol–water partition coefficient (Wildman–Crippen LogP) is 2.93. The molecule has 1 fully saturated rings. The van der Waals surface area contributed by atoms with Gasteiger partial charge in [-0.3, -0.25) is 4.99 Å². The van der Waals surface area contributed by atoms with Crippen LogP contribution in [0.15, 0.2) is 17.1 Å². The molecule has 5 heteroatoms. The number of aliphatic imine (C=N–C) groups is 1. The fourth-order valence-corrected chi connectivity index (χ4v) is 3.66. The second-order valence-electron chi connectivity index (χ2n) is 6.50. The van der Waals surface area contributed by atoms with Crippen molar-refractivity contribution in [2.75, 3.05) is 14.2 Å². The summed E-state index contributed by atoms with van der Waals surface area (Å²) < 4.78 is 5.67. The van der Waals surface area contributed by atoms with E-state index in [2.05, 4.69) is 55.5 Å². The summed E-state index contributed by atoms with van der Waals surface area (Å²) >= 11 is 1.82. The Hall–Kier alpha value is -1.07. The van der Waals surface area contributed by atoms with E-state index in [4.69, 9.17) is 4.74 Å². The lowest BCUT2D eigenvalue weighted by atomic mass is 9.56. The van der Waals surface area contributed by atoms with E-state index < -0.39 is 0 Å². The molecule has 1 aromatic heterocycles. The number of guanidine groups is 1. The van der Waals surface area contributed by atoms with Crippen LogP contribution in [-0.4, -0.2) is 31.8 Å². The zero-order chi connectivity index (χ0) is 15.7. The Kier molecular flexibility index (Phi) is 4.63. The van der Waals surface area contributed by atoms with Crippen LogP contribution in [0.2, 0.25) is 0 Å². The van der Waals surface area contributed by atoms with Crippen molar-refractivity contribution in [1.29, 1.82) is 0 Å². The molecule has 2 atom stereocenters. The van der Waals surface area contributed by atoms with Crippen molar-refractivity contribution in [2.45, 2.75) is 52.3 Å². The number of hydrogen-bond donors (Lipinski definition) is 2. The molecule has 1 saturated carbocycles. The van der Waals surface area contributed by atoms with Crippen LogP contribution < -0.4 is 10.6 Å². The normalized spacial score (nSPS) is 28.1. The van der Waals surface area contributed by atoms with E-state index in [0.717, 1.165) is 18.9 Å². The highest BCUT2D eigenvalue weighted by Crippen LogP contribution is 2.51. The van der Waals surface area contributed by atoms with Crippen molar-refractivity contribution >= 4 is 17.3 Å². The van der Waals surface area contributed by atoms with Crippen LogP contribution in [0.4, 0.5) is 0 Å². The summed E-state index contributed by atoms with van der Waals surface area (Å²) in [6.45, 7) is 9.60. The quantitative estimate of drug-likeness (QED) is 0.664. The van der Waals surface area contributed by atoms with Crippen LogP contribution in [-0.2, 0) is 11.3 Å². The van der Waals surface area contributed by atoms with E-state index >= 15 is 0 Å². The topological polar surface area (TPSA) is 45.7 Å². The molecule has 1 aliphatic carbocycles. The summed E-state index contributed by atoms with van der Waals surface area (Å²) in [7, 11) is 3.61.